The Labute approximate surface area is 130 Å². The Balaban J connectivity index is 2.12. The van der Waals surface area contributed by atoms with Gasteiger partial charge >= 0.3 is 0 Å². The number of hydrogen-bond acceptors (Lipinski definition) is 3. The lowest BCUT2D eigenvalue weighted by Crippen LogP contribution is -1.99. The summed E-state index contributed by atoms with van der Waals surface area (Å²) in [5, 5.41) is 0. The lowest BCUT2D eigenvalue weighted by atomic mass is 10.1. The maximum absolute atomic E-state index is 11.9. The number of nitrogens with zero attached hydrogens (tertiary/aromatic N) is 2. The Morgan fingerprint density at radius 1 is 1.09 bits per heavy atom. The number of rotatable bonds is 3. The van der Waals surface area contributed by atoms with Gasteiger partial charge in [-0.3, -0.25) is 4.98 Å². The van der Waals surface area contributed by atoms with E-state index in [1.54, 1.807) is 24.5 Å². The monoisotopic (exact) mass is 312 g/mol. The highest BCUT2D eigenvalue weighted by Gasteiger charge is 2.15. The smallest absolute Gasteiger partial charge is 0.176 e. The van der Waals surface area contributed by atoms with Crippen LogP contribution in [0.4, 0.5) is 0 Å². The second kappa shape index (κ2) is 5.42. The molecule has 0 amide bonds. The molecular weight excluding hydrogens is 296 g/mol. The van der Waals surface area contributed by atoms with Gasteiger partial charge in [-0.2, -0.15) is 0 Å². The standard InChI is InChI=1S/C17H16N2O2S/c1-13-7-9-18-11-16(13)19-10-8-14(12-19)15-5-3-4-6-17(15)22(2,20)21/h3-12H,1-2H3. The molecule has 0 atom stereocenters. The van der Waals surface area contributed by atoms with Gasteiger partial charge in [-0.1, -0.05) is 18.2 Å². The van der Waals surface area contributed by atoms with Gasteiger partial charge in [0.1, 0.15) is 0 Å². The molecule has 0 spiro atoms. The molecular formula is C17H16N2O2S. The second-order valence-electron chi connectivity index (χ2n) is 5.24. The van der Waals surface area contributed by atoms with E-state index < -0.39 is 9.84 Å². The topological polar surface area (TPSA) is 52.0 Å². The van der Waals surface area contributed by atoms with Crippen LogP contribution in [0.2, 0.25) is 0 Å². The third-order valence-electron chi connectivity index (χ3n) is 3.58. The van der Waals surface area contributed by atoms with E-state index in [1.807, 2.05) is 48.1 Å². The summed E-state index contributed by atoms with van der Waals surface area (Å²) in [5.74, 6) is 0. The van der Waals surface area contributed by atoms with Crippen LogP contribution in [0.15, 0.2) is 66.1 Å². The molecule has 112 valence electrons. The van der Waals surface area contributed by atoms with Crippen molar-refractivity contribution in [2.45, 2.75) is 11.8 Å². The van der Waals surface area contributed by atoms with Crippen LogP contribution in [0.1, 0.15) is 5.56 Å². The molecule has 0 aliphatic rings. The first-order valence-electron chi connectivity index (χ1n) is 6.85. The number of benzene rings is 1. The Morgan fingerprint density at radius 3 is 2.59 bits per heavy atom. The number of sulfone groups is 1. The molecule has 2 aromatic heterocycles. The van der Waals surface area contributed by atoms with Gasteiger partial charge in [0.05, 0.1) is 16.8 Å². The minimum absolute atomic E-state index is 0.343. The fraction of sp³-hybridized carbons (Fsp3) is 0.118. The minimum atomic E-state index is -3.27. The molecule has 1 aromatic carbocycles. The molecule has 5 heteroatoms. The molecule has 22 heavy (non-hydrogen) atoms. The van der Waals surface area contributed by atoms with Gasteiger partial charge in [-0.25, -0.2) is 8.42 Å². The Morgan fingerprint density at radius 2 is 1.86 bits per heavy atom. The third-order valence-corrected chi connectivity index (χ3v) is 4.73. The predicted molar refractivity (Wildman–Crippen MR) is 86.8 cm³/mol. The molecule has 0 unspecified atom stereocenters. The van der Waals surface area contributed by atoms with Crippen molar-refractivity contribution in [2.24, 2.45) is 0 Å². The third kappa shape index (κ3) is 2.67. The number of aromatic nitrogens is 2. The van der Waals surface area contributed by atoms with Crippen molar-refractivity contribution in [2.75, 3.05) is 6.26 Å². The van der Waals surface area contributed by atoms with E-state index in [0.717, 1.165) is 16.8 Å². The van der Waals surface area contributed by atoms with Gasteiger partial charge in [-0.05, 0) is 30.7 Å². The number of hydrogen-bond donors (Lipinski definition) is 0. The van der Waals surface area contributed by atoms with Crippen LogP contribution >= 0.6 is 0 Å². The molecule has 0 radical (unpaired) electrons. The van der Waals surface area contributed by atoms with Crippen molar-refractivity contribution in [3.05, 3.63) is 66.7 Å². The zero-order valence-electron chi connectivity index (χ0n) is 12.4. The normalized spacial score (nSPS) is 11.5. The maximum Gasteiger partial charge on any atom is 0.176 e. The van der Waals surface area contributed by atoms with Crippen LogP contribution in [0.3, 0.4) is 0 Å². The van der Waals surface area contributed by atoms with E-state index in [0.29, 0.717) is 10.5 Å². The summed E-state index contributed by atoms with van der Waals surface area (Å²) in [6.07, 6.45) is 8.62. The molecule has 2 heterocycles. The molecule has 0 saturated heterocycles. The van der Waals surface area contributed by atoms with Crippen LogP contribution in [0.5, 0.6) is 0 Å². The molecule has 3 rings (SSSR count). The summed E-state index contributed by atoms with van der Waals surface area (Å²) in [5.41, 5.74) is 3.66. The summed E-state index contributed by atoms with van der Waals surface area (Å²) in [7, 11) is -3.27. The van der Waals surface area contributed by atoms with E-state index in [9.17, 15) is 8.42 Å². The first kappa shape index (κ1) is 14.5. The predicted octanol–water partition coefficient (Wildman–Crippen LogP) is 3.25. The molecule has 3 aromatic rings. The fourth-order valence-electron chi connectivity index (χ4n) is 2.46. The zero-order valence-corrected chi connectivity index (χ0v) is 13.2. The summed E-state index contributed by atoms with van der Waals surface area (Å²) in [6, 6.07) is 10.9. The Bertz CT molecular complexity index is 927. The molecule has 0 saturated carbocycles. The van der Waals surface area contributed by atoms with Crippen LogP contribution < -0.4 is 0 Å². The average Bonchev–Trinajstić information content (AvgIpc) is 2.96. The van der Waals surface area contributed by atoms with Crippen molar-refractivity contribution in [1.82, 2.24) is 9.55 Å². The van der Waals surface area contributed by atoms with Gasteiger partial charge in [0.15, 0.2) is 9.84 Å². The first-order valence-corrected chi connectivity index (χ1v) is 8.74. The van der Waals surface area contributed by atoms with Gasteiger partial charge in [-0.15, -0.1) is 0 Å². The molecule has 0 bridgehead atoms. The summed E-state index contributed by atoms with van der Waals surface area (Å²) >= 11 is 0. The van der Waals surface area contributed by atoms with E-state index in [1.165, 1.54) is 6.26 Å². The SMILES string of the molecule is Cc1ccncc1-n1ccc(-c2ccccc2S(C)(=O)=O)c1. The second-order valence-corrected chi connectivity index (χ2v) is 7.22. The highest BCUT2D eigenvalue weighted by atomic mass is 32.2. The van der Waals surface area contributed by atoms with Crippen LogP contribution in [-0.2, 0) is 9.84 Å². The lowest BCUT2D eigenvalue weighted by Gasteiger charge is -2.07. The fourth-order valence-corrected chi connectivity index (χ4v) is 3.37. The van der Waals surface area contributed by atoms with Gasteiger partial charge in [0.2, 0.25) is 0 Å². The van der Waals surface area contributed by atoms with Crippen molar-refractivity contribution in [1.29, 1.82) is 0 Å². The van der Waals surface area contributed by atoms with E-state index in [2.05, 4.69) is 4.98 Å². The quantitative estimate of drug-likeness (QED) is 0.746. The van der Waals surface area contributed by atoms with Crippen LogP contribution in [0, 0.1) is 6.92 Å². The van der Waals surface area contributed by atoms with Crippen molar-refractivity contribution in [3.8, 4) is 16.8 Å². The van der Waals surface area contributed by atoms with Crippen molar-refractivity contribution in [3.63, 3.8) is 0 Å². The van der Waals surface area contributed by atoms with Crippen LogP contribution in [0.25, 0.3) is 16.8 Å². The Hall–Kier alpha value is -2.40. The van der Waals surface area contributed by atoms with Gasteiger partial charge in [0, 0.05) is 36.0 Å². The van der Waals surface area contributed by atoms with Gasteiger partial charge < -0.3 is 4.57 Å². The van der Waals surface area contributed by atoms with Crippen LogP contribution in [-0.4, -0.2) is 24.2 Å². The molecule has 0 fully saturated rings. The molecule has 4 nitrogen and oxygen atoms in total. The largest absolute Gasteiger partial charge is 0.322 e. The summed E-state index contributed by atoms with van der Waals surface area (Å²) < 4.78 is 25.8. The zero-order chi connectivity index (χ0) is 15.7. The van der Waals surface area contributed by atoms with Gasteiger partial charge in [0.25, 0.3) is 0 Å². The van der Waals surface area contributed by atoms with Crippen molar-refractivity contribution < 1.29 is 8.42 Å². The molecule has 0 aliphatic heterocycles. The first-order chi connectivity index (χ1) is 10.5. The number of aryl methyl sites for hydroxylation is 1. The molecule has 0 N–H and O–H groups in total. The average molecular weight is 312 g/mol. The van der Waals surface area contributed by atoms with E-state index in [-0.39, 0.29) is 0 Å². The summed E-state index contributed by atoms with van der Waals surface area (Å²) in [4.78, 5) is 4.49. The highest BCUT2D eigenvalue weighted by molar-refractivity contribution is 7.90. The lowest BCUT2D eigenvalue weighted by molar-refractivity contribution is 0.602. The molecule has 0 aliphatic carbocycles. The Kier molecular flexibility index (Phi) is 3.58. The highest BCUT2D eigenvalue weighted by Crippen LogP contribution is 2.28. The minimum Gasteiger partial charge on any atom is -0.322 e. The summed E-state index contributed by atoms with van der Waals surface area (Å²) in [6.45, 7) is 2.02. The van der Waals surface area contributed by atoms with E-state index >= 15 is 0 Å². The maximum atomic E-state index is 11.9. The van der Waals surface area contributed by atoms with Crippen molar-refractivity contribution >= 4 is 9.84 Å². The number of pyridine rings is 1. The van der Waals surface area contributed by atoms with E-state index in [4.69, 9.17) is 0 Å².